The lowest BCUT2D eigenvalue weighted by Crippen LogP contribution is -2.42. The topological polar surface area (TPSA) is 57.3 Å². The summed E-state index contributed by atoms with van der Waals surface area (Å²) in [5.74, 6) is 1.65. The largest absolute Gasteiger partial charge is 0.357 e. The Labute approximate surface area is 127 Å². The molecule has 1 fully saturated rings. The minimum absolute atomic E-state index is 0.0826. The first-order valence-corrected chi connectivity index (χ1v) is 7.76. The zero-order valence-electron chi connectivity index (χ0n) is 13.2. The standard InChI is InChI=1S/C16H26N4O/c1-12(2)10-18-11-13-6-4-8-19-15(13)20-9-5-7-14(20)16(21)17-3/h4,6,8,12,14,18H,5,7,9-11H2,1-3H3,(H,17,21). The minimum atomic E-state index is -0.0891. The van der Waals surface area contributed by atoms with E-state index in [4.69, 9.17) is 0 Å². The van der Waals surface area contributed by atoms with E-state index >= 15 is 0 Å². The molecule has 0 spiro atoms. The predicted molar refractivity (Wildman–Crippen MR) is 85.2 cm³/mol. The van der Waals surface area contributed by atoms with Gasteiger partial charge in [-0.05, 0) is 31.4 Å². The van der Waals surface area contributed by atoms with E-state index in [0.29, 0.717) is 5.92 Å². The highest BCUT2D eigenvalue weighted by Crippen LogP contribution is 2.26. The Morgan fingerprint density at radius 1 is 1.52 bits per heavy atom. The lowest BCUT2D eigenvalue weighted by atomic mass is 10.1. The van der Waals surface area contributed by atoms with Gasteiger partial charge in [-0.2, -0.15) is 0 Å². The van der Waals surface area contributed by atoms with Crippen LogP contribution in [0, 0.1) is 5.92 Å². The Hall–Kier alpha value is -1.62. The van der Waals surface area contributed by atoms with Gasteiger partial charge in [-0.25, -0.2) is 4.98 Å². The van der Waals surface area contributed by atoms with Crippen molar-refractivity contribution in [3.8, 4) is 0 Å². The highest BCUT2D eigenvalue weighted by atomic mass is 16.2. The van der Waals surface area contributed by atoms with Crippen molar-refractivity contribution in [2.75, 3.05) is 25.0 Å². The van der Waals surface area contributed by atoms with Gasteiger partial charge in [0.05, 0.1) is 0 Å². The van der Waals surface area contributed by atoms with Crippen LogP contribution in [0.3, 0.4) is 0 Å². The quantitative estimate of drug-likeness (QED) is 0.834. The van der Waals surface area contributed by atoms with Crippen molar-refractivity contribution < 1.29 is 4.79 Å². The molecular weight excluding hydrogens is 264 g/mol. The monoisotopic (exact) mass is 290 g/mol. The maximum Gasteiger partial charge on any atom is 0.242 e. The van der Waals surface area contributed by atoms with E-state index < -0.39 is 0 Å². The molecule has 0 radical (unpaired) electrons. The fourth-order valence-corrected chi connectivity index (χ4v) is 2.78. The van der Waals surface area contributed by atoms with Gasteiger partial charge in [0.2, 0.25) is 5.91 Å². The number of hydrogen-bond acceptors (Lipinski definition) is 4. The van der Waals surface area contributed by atoms with Crippen molar-refractivity contribution in [1.29, 1.82) is 0 Å². The number of carbonyl (C=O) groups is 1. The second-order valence-corrected chi connectivity index (χ2v) is 5.98. The number of carbonyl (C=O) groups excluding carboxylic acids is 1. The first-order valence-electron chi connectivity index (χ1n) is 7.76. The van der Waals surface area contributed by atoms with Gasteiger partial charge in [0.25, 0.3) is 0 Å². The molecule has 2 N–H and O–H groups in total. The third-order valence-electron chi connectivity index (χ3n) is 3.81. The van der Waals surface area contributed by atoms with Crippen LogP contribution in [0.5, 0.6) is 0 Å². The molecule has 1 aliphatic heterocycles. The summed E-state index contributed by atoms with van der Waals surface area (Å²) < 4.78 is 0. The first-order chi connectivity index (χ1) is 10.1. The van der Waals surface area contributed by atoms with Crippen molar-refractivity contribution in [3.05, 3.63) is 23.9 Å². The number of rotatable bonds is 6. The molecule has 1 unspecified atom stereocenters. The van der Waals surface area contributed by atoms with Crippen LogP contribution in [0.2, 0.25) is 0 Å². The first kappa shape index (κ1) is 15.8. The number of amides is 1. The van der Waals surface area contributed by atoms with Crippen molar-refractivity contribution in [2.45, 2.75) is 39.3 Å². The van der Waals surface area contributed by atoms with Gasteiger partial charge in [0.15, 0.2) is 0 Å². The maximum absolute atomic E-state index is 12.0. The van der Waals surface area contributed by atoms with Gasteiger partial charge < -0.3 is 15.5 Å². The maximum atomic E-state index is 12.0. The molecule has 1 atom stereocenters. The van der Waals surface area contributed by atoms with E-state index in [1.165, 1.54) is 0 Å². The average Bonchev–Trinajstić information content (AvgIpc) is 2.96. The van der Waals surface area contributed by atoms with Crippen molar-refractivity contribution in [2.24, 2.45) is 5.92 Å². The number of nitrogens with zero attached hydrogens (tertiary/aromatic N) is 2. The lowest BCUT2D eigenvalue weighted by Gasteiger charge is -2.26. The highest BCUT2D eigenvalue weighted by molar-refractivity contribution is 5.85. The molecule has 2 heterocycles. The molecule has 1 amide bonds. The molecular formula is C16H26N4O. The molecule has 116 valence electrons. The van der Waals surface area contributed by atoms with Gasteiger partial charge in [-0.3, -0.25) is 4.79 Å². The van der Waals surface area contributed by atoms with Gasteiger partial charge in [-0.1, -0.05) is 19.9 Å². The van der Waals surface area contributed by atoms with Gasteiger partial charge in [-0.15, -0.1) is 0 Å². The molecule has 5 heteroatoms. The Balaban J connectivity index is 2.13. The van der Waals surface area contributed by atoms with Crippen LogP contribution in [0.1, 0.15) is 32.3 Å². The molecule has 1 aromatic rings. The SMILES string of the molecule is CNC(=O)C1CCCN1c1ncccc1CNCC(C)C. The molecule has 1 aromatic heterocycles. The van der Waals surface area contributed by atoms with Crippen LogP contribution in [-0.4, -0.2) is 37.1 Å². The summed E-state index contributed by atoms with van der Waals surface area (Å²) >= 11 is 0. The zero-order valence-corrected chi connectivity index (χ0v) is 13.2. The summed E-state index contributed by atoms with van der Waals surface area (Å²) in [4.78, 5) is 18.7. The van der Waals surface area contributed by atoms with Crippen molar-refractivity contribution in [3.63, 3.8) is 0 Å². The fraction of sp³-hybridized carbons (Fsp3) is 0.625. The molecule has 0 aromatic carbocycles. The normalized spacial score (nSPS) is 18.3. The molecule has 2 rings (SSSR count). The van der Waals surface area contributed by atoms with E-state index in [1.807, 2.05) is 6.07 Å². The van der Waals surface area contributed by atoms with E-state index in [1.54, 1.807) is 13.2 Å². The van der Waals surface area contributed by atoms with Crippen LogP contribution in [0.4, 0.5) is 5.82 Å². The number of anilines is 1. The fourth-order valence-electron chi connectivity index (χ4n) is 2.78. The highest BCUT2D eigenvalue weighted by Gasteiger charge is 2.31. The summed E-state index contributed by atoms with van der Waals surface area (Å²) in [7, 11) is 1.70. The average molecular weight is 290 g/mol. The molecule has 5 nitrogen and oxygen atoms in total. The molecule has 21 heavy (non-hydrogen) atoms. The third-order valence-corrected chi connectivity index (χ3v) is 3.81. The van der Waals surface area contributed by atoms with Gasteiger partial charge in [0.1, 0.15) is 11.9 Å². The van der Waals surface area contributed by atoms with Crippen molar-refractivity contribution in [1.82, 2.24) is 15.6 Å². The zero-order chi connectivity index (χ0) is 15.2. The summed E-state index contributed by atoms with van der Waals surface area (Å²) in [6.45, 7) is 7.05. The summed E-state index contributed by atoms with van der Waals surface area (Å²) in [6.07, 6.45) is 3.74. The van der Waals surface area contributed by atoms with Gasteiger partial charge in [0, 0.05) is 31.9 Å². The Morgan fingerprint density at radius 3 is 3.05 bits per heavy atom. The summed E-state index contributed by atoms with van der Waals surface area (Å²) in [5, 5.41) is 6.22. The van der Waals surface area contributed by atoms with Crippen LogP contribution in [0.15, 0.2) is 18.3 Å². The van der Waals surface area contributed by atoms with Crippen LogP contribution < -0.4 is 15.5 Å². The summed E-state index contributed by atoms with van der Waals surface area (Å²) in [6, 6.07) is 3.96. The van der Waals surface area contributed by atoms with Gasteiger partial charge >= 0.3 is 0 Å². The number of hydrogen-bond donors (Lipinski definition) is 2. The number of pyridine rings is 1. The van der Waals surface area contributed by atoms with E-state index in [0.717, 1.165) is 43.9 Å². The number of likely N-dealkylation sites (N-methyl/N-ethyl adjacent to an activating group) is 1. The van der Waals surface area contributed by atoms with Crippen LogP contribution >= 0.6 is 0 Å². The Bertz CT molecular complexity index is 475. The molecule has 0 saturated carbocycles. The molecule has 1 aliphatic rings. The van der Waals surface area contributed by atoms with Crippen molar-refractivity contribution >= 4 is 11.7 Å². The second kappa shape index (κ2) is 7.41. The number of nitrogens with one attached hydrogen (secondary N) is 2. The lowest BCUT2D eigenvalue weighted by molar-refractivity contribution is -0.121. The van der Waals surface area contributed by atoms with E-state index in [2.05, 4.69) is 40.4 Å². The van der Waals surface area contributed by atoms with Crippen LogP contribution in [0.25, 0.3) is 0 Å². The minimum Gasteiger partial charge on any atom is -0.357 e. The summed E-state index contributed by atoms with van der Waals surface area (Å²) in [5.41, 5.74) is 1.16. The smallest absolute Gasteiger partial charge is 0.242 e. The molecule has 0 aliphatic carbocycles. The predicted octanol–water partition coefficient (Wildman–Crippen LogP) is 1.54. The second-order valence-electron chi connectivity index (χ2n) is 5.98. The molecule has 0 bridgehead atoms. The van der Waals surface area contributed by atoms with E-state index in [-0.39, 0.29) is 11.9 Å². The Kier molecular flexibility index (Phi) is 5.56. The number of aromatic nitrogens is 1. The Morgan fingerprint density at radius 2 is 2.33 bits per heavy atom. The third kappa shape index (κ3) is 3.94. The van der Waals surface area contributed by atoms with Crippen LogP contribution in [-0.2, 0) is 11.3 Å². The van der Waals surface area contributed by atoms with E-state index in [9.17, 15) is 4.79 Å². The molecule has 1 saturated heterocycles.